The highest BCUT2D eigenvalue weighted by Gasteiger charge is 2.10. The van der Waals surface area contributed by atoms with Gasteiger partial charge in [0.2, 0.25) is 0 Å². The van der Waals surface area contributed by atoms with Crippen molar-refractivity contribution >= 4 is 11.6 Å². The molecule has 0 aliphatic carbocycles. The van der Waals surface area contributed by atoms with Crippen LogP contribution in [0.5, 0.6) is 0 Å². The molecule has 1 heterocycles. The van der Waals surface area contributed by atoms with Gasteiger partial charge in [-0.15, -0.1) is 0 Å². The summed E-state index contributed by atoms with van der Waals surface area (Å²) < 4.78 is 0. The second-order valence-electron chi connectivity index (χ2n) is 5.21. The third-order valence-electron chi connectivity index (χ3n) is 3.69. The number of nitrogens with zero attached hydrogens (tertiary/aromatic N) is 2. The normalized spacial score (nSPS) is 12.6. The summed E-state index contributed by atoms with van der Waals surface area (Å²) in [6.45, 7) is 4.94. The maximum atomic E-state index is 5.93. The first-order chi connectivity index (χ1) is 10.2. The first-order valence-electron chi connectivity index (χ1n) is 7.23. The Kier molecular flexibility index (Phi) is 6.18. The molecule has 0 saturated heterocycles. The van der Waals surface area contributed by atoms with Crippen LogP contribution in [0, 0.1) is 0 Å². The Morgan fingerprint density at radius 1 is 1.19 bits per heavy atom. The van der Waals surface area contributed by atoms with E-state index in [1.54, 1.807) is 0 Å². The van der Waals surface area contributed by atoms with Gasteiger partial charge in [0.15, 0.2) is 0 Å². The summed E-state index contributed by atoms with van der Waals surface area (Å²) in [6.07, 6.45) is 1.83. The highest BCUT2D eigenvalue weighted by Crippen LogP contribution is 2.20. The van der Waals surface area contributed by atoms with Crippen LogP contribution in [0.15, 0.2) is 48.7 Å². The number of benzene rings is 1. The maximum Gasteiger partial charge on any atom is 0.0541 e. The lowest BCUT2D eigenvalue weighted by Crippen LogP contribution is -2.31. The van der Waals surface area contributed by atoms with Gasteiger partial charge in [-0.05, 0) is 43.8 Å². The number of hydrogen-bond acceptors (Lipinski definition) is 3. The molecular weight excluding hydrogens is 282 g/mol. The average Bonchev–Trinajstić information content (AvgIpc) is 2.52. The van der Waals surface area contributed by atoms with Gasteiger partial charge in [0.05, 0.1) is 5.69 Å². The zero-order valence-electron chi connectivity index (χ0n) is 12.6. The first-order valence-corrected chi connectivity index (χ1v) is 7.61. The summed E-state index contributed by atoms with van der Waals surface area (Å²) in [5, 5.41) is 4.21. The molecule has 0 fully saturated rings. The number of aromatic nitrogens is 1. The summed E-state index contributed by atoms with van der Waals surface area (Å²) >= 11 is 5.93. The van der Waals surface area contributed by atoms with E-state index in [0.29, 0.717) is 6.04 Å². The minimum absolute atomic E-state index is 0.374. The van der Waals surface area contributed by atoms with Crippen LogP contribution in [-0.4, -0.2) is 30.0 Å². The van der Waals surface area contributed by atoms with Gasteiger partial charge in [0.25, 0.3) is 0 Å². The van der Waals surface area contributed by atoms with E-state index in [0.717, 1.165) is 30.4 Å². The number of halogens is 1. The van der Waals surface area contributed by atoms with Crippen molar-refractivity contribution in [2.24, 2.45) is 0 Å². The van der Waals surface area contributed by atoms with Gasteiger partial charge in [0, 0.05) is 36.9 Å². The van der Waals surface area contributed by atoms with E-state index < -0.39 is 0 Å². The van der Waals surface area contributed by atoms with Crippen LogP contribution in [0.3, 0.4) is 0 Å². The van der Waals surface area contributed by atoms with Gasteiger partial charge in [0.1, 0.15) is 0 Å². The summed E-state index contributed by atoms with van der Waals surface area (Å²) in [5.74, 6) is 0. The van der Waals surface area contributed by atoms with E-state index in [4.69, 9.17) is 11.6 Å². The van der Waals surface area contributed by atoms with Crippen molar-refractivity contribution in [3.63, 3.8) is 0 Å². The smallest absolute Gasteiger partial charge is 0.0541 e. The van der Waals surface area contributed by atoms with Gasteiger partial charge >= 0.3 is 0 Å². The Labute approximate surface area is 132 Å². The highest BCUT2D eigenvalue weighted by molar-refractivity contribution is 6.30. The number of pyridine rings is 1. The summed E-state index contributed by atoms with van der Waals surface area (Å²) in [6, 6.07) is 14.4. The molecule has 0 amide bonds. The second-order valence-corrected chi connectivity index (χ2v) is 5.64. The molecule has 0 spiro atoms. The maximum absolute atomic E-state index is 5.93. The molecule has 1 atom stereocenters. The van der Waals surface area contributed by atoms with Crippen molar-refractivity contribution in [2.45, 2.75) is 19.5 Å². The Balaban J connectivity index is 1.74. The molecule has 4 heteroatoms. The molecule has 0 aliphatic heterocycles. The minimum atomic E-state index is 0.374. The van der Waals surface area contributed by atoms with E-state index in [1.165, 1.54) is 5.56 Å². The highest BCUT2D eigenvalue weighted by atomic mass is 35.5. The van der Waals surface area contributed by atoms with Crippen molar-refractivity contribution < 1.29 is 0 Å². The Hall–Kier alpha value is -1.42. The van der Waals surface area contributed by atoms with Gasteiger partial charge < -0.3 is 5.32 Å². The predicted molar refractivity (Wildman–Crippen MR) is 88.4 cm³/mol. The van der Waals surface area contributed by atoms with Crippen LogP contribution in [0.4, 0.5) is 0 Å². The standard InChI is InChI=1S/C17H22ClN3/c1-14(15-6-8-16(18)9-7-15)21(2)12-11-19-13-17-5-3-4-10-20-17/h3-10,14,19H,11-13H2,1-2H3. The van der Waals surface area contributed by atoms with Crippen LogP contribution < -0.4 is 5.32 Å². The molecule has 0 bridgehead atoms. The van der Waals surface area contributed by atoms with E-state index in [9.17, 15) is 0 Å². The molecule has 1 aromatic carbocycles. The average molecular weight is 304 g/mol. The van der Waals surface area contributed by atoms with Gasteiger partial charge in [-0.3, -0.25) is 9.88 Å². The molecule has 1 unspecified atom stereocenters. The molecule has 1 aromatic heterocycles. The van der Waals surface area contributed by atoms with Crippen LogP contribution >= 0.6 is 11.6 Å². The SMILES string of the molecule is CC(c1ccc(Cl)cc1)N(C)CCNCc1ccccn1. The minimum Gasteiger partial charge on any atom is -0.310 e. The first kappa shape index (κ1) is 16.0. The lowest BCUT2D eigenvalue weighted by atomic mass is 10.1. The van der Waals surface area contributed by atoms with E-state index >= 15 is 0 Å². The van der Waals surface area contributed by atoms with Gasteiger partial charge in [-0.2, -0.15) is 0 Å². The molecule has 0 aliphatic rings. The fourth-order valence-electron chi connectivity index (χ4n) is 2.16. The third kappa shape index (κ3) is 5.12. The molecule has 21 heavy (non-hydrogen) atoms. The zero-order valence-corrected chi connectivity index (χ0v) is 13.3. The Bertz CT molecular complexity index is 527. The topological polar surface area (TPSA) is 28.2 Å². The van der Waals surface area contributed by atoms with E-state index in [-0.39, 0.29) is 0 Å². The van der Waals surface area contributed by atoms with Crippen molar-refractivity contribution in [3.05, 3.63) is 64.9 Å². The predicted octanol–water partition coefficient (Wildman–Crippen LogP) is 3.52. The molecule has 3 nitrogen and oxygen atoms in total. The number of rotatable bonds is 7. The summed E-state index contributed by atoms with van der Waals surface area (Å²) in [7, 11) is 2.14. The molecule has 2 rings (SSSR count). The van der Waals surface area contributed by atoms with E-state index in [2.05, 4.69) is 41.3 Å². The Morgan fingerprint density at radius 3 is 2.62 bits per heavy atom. The lowest BCUT2D eigenvalue weighted by Gasteiger charge is -2.25. The summed E-state index contributed by atoms with van der Waals surface area (Å²) in [4.78, 5) is 6.63. The van der Waals surface area contributed by atoms with Crippen LogP contribution in [0.25, 0.3) is 0 Å². The van der Waals surface area contributed by atoms with Gasteiger partial charge in [-0.25, -0.2) is 0 Å². The van der Waals surface area contributed by atoms with Crippen molar-refractivity contribution in [2.75, 3.05) is 20.1 Å². The number of nitrogens with one attached hydrogen (secondary N) is 1. The van der Waals surface area contributed by atoms with Gasteiger partial charge in [-0.1, -0.05) is 29.8 Å². The summed E-state index contributed by atoms with van der Waals surface area (Å²) in [5.41, 5.74) is 2.36. The van der Waals surface area contributed by atoms with Crippen LogP contribution in [0.1, 0.15) is 24.2 Å². The second kappa shape index (κ2) is 8.13. The van der Waals surface area contributed by atoms with Crippen molar-refractivity contribution in [1.82, 2.24) is 15.2 Å². The molecule has 112 valence electrons. The molecule has 2 aromatic rings. The molecule has 0 saturated carbocycles. The number of hydrogen-bond donors (Lipinski definition) is 1. The van der Waals surface area contributed by atoms with Crippen molar-refractivity contribution in [1.29, 1.82) is 0 Å². The third-order valence-corrected chi connectivity index (χ3v) is 3.94. The Morgan fingerprint density at radius 2 is 1.95 bits per heavy atom. The number of likely N-dealkylation sites (N-methyl/N-ethyl adjacent to an activating group) is 1. The quantitative estimate of drug-likeness (QED) is 0.793. The van der Waals surface area contributed by atoms with Crippen molar-refractivity contribution in [3.8, 4) is 0 Å². The van der Waals surface area contributed by atoms with Crippen LogP contribution in [0.2, 0.25) is 5.02 Å². The van der Waals surface area contributed by atoms with E-state index in [1.807, 2.05) is 36.5 Å². The fourth-order valence-corrected chi connectivity index (χ4v) is 2.29. The molecule has 1 N–H and O–H groups in total. The lowest BCUT2D eigenvalue weighted by molar-refractivity contribution is 0.261. The zero-order chi connectivity index (χ0) is 15.1. The molecule has 0 radical (unpaired) electrons. The largest absolute Gasteiger partial charge is 0.310 e. The monoisotopic (exact) mass is 303 g/mol. The fraction of sp³-hybridized carbons (Fsp3) is 0.353. The molecular formula is C17H22ClN3. The van der Waals surface area contributed by atoms with Crippen LogP contribution in [-0.2, 0) is 6.54 Å².